The molecule has 118 valence electrons. The van der Waals surface area contributed by atoms with Gasteiger partial charge in [0.1, 0.15) is 5.76 Å². The average molecular weight is 301 g/mol. The summed E-state index contributed by atoms with van der Waals surface area (Å²) < 4.78 is 11.5. The minimum atomic E-state index is 0.314. The Hall–Kier alpha value is -1.72. The Morgan fingerprint density at radius 3 is 2.86 bits per heavy atom. The molecule has 22 heavy (non-hydrogen) atoms. The van der Waals surface area contributed by atoms with Crippen molar-refractivity contribution in [3.63, 3.8) is 0 Å². The Balaban J connectivity index is 1.69. The molecule has 0 saturated carbocycles. The first-order valence-electron chi connectivity index (χ1n) is 7.86. The van der Waals surface area contributed by atoms with Crippen molar-refractivity contribution in [3.05, 3.63) is 47.4 Å². The van der Waals surface area contributed by atoms with Crippen molar-refractivity contribution in [2.75, 3.05) is 13.2 Å². The van der Waals surface area contributed by atoms with Gasteiger partial charge in [-0.05, 0) is 38.3 Å². The highest BCUT2D eigenvalue weighted by atomic mass is 16.5. The van der Waals surface area contributed by atoms with Gasteiger partial charge in [-0.2, -0.15) is 0 Å². The molecule has 0 radical (unpaired) electrons. The molecule has 0 aliphatic carbocycles. The third kappa shape index (κ3) is 3.93. The molecule has 0 amide bonds. The highest BCUT2D eigenvalue weighted by Crippen LogP contribution is 2.18. The highest BCUT2D eigenvalue weighted by molar-refractivity contribution is 5.09. The van der Waals surface area contributed by atoms with Crippen LogP contribution in [-0.2, 0) is 17.8 Å². The van der Waals surface area contributed by atoms with Gasteiger partial charge in [0, 0.05) is 32.1 Å². The lowest BCUT2D eigenvalue weighted by Gasteiger charge is -2.23. The second kappa shape index (κ2) is 7.03. The zero-order valence-corrected chi connectivity index (χ0v) is 13.3. The van der Waals surface area contributed by atoms with Crippen LogP contribution in [0.5, 0.6) is 0 Å². The molecule has 0 spiro atoms. The van der Waals surface area contributed by atoms with E-state index in [-0.39, 0.29) is 0 Å². The van der Waals surface area contributed by atoms with Crippen molar-refractivity contribution in [1.82, 2.24) is 14.9 Å². The summed E-state index contributed by atoms with van der Waals surface area (Å²) in [5, 5.41) is 0. The van der Waals surface area contributed by atoms with Crippen LogP contribution in [0.4, 0.5) is 0 Å². The number of nitrogens with zero attached hydrogens (tertiary/aromatic N) is 3. The molecular formula is C17H23N3O2. The molecule has 1 aliphatic heterocycles. The summed E-state index contributed by atoms with van der Waals surface area (Å²) in [4.78, 5) is 11.0. The number of hydrogen-bond donors (Lipinski definition) is 0. The SMILES string of the molecule is Cc1nc(CN(Cc2cccnc2)CC2CCCO2)oc1C. The smallest absolute Gasteiger partial charge is 0.208 e. The van der Waals surface area contributed by atoms with Gasteiger partial charge in [-0.1, -0.05) is 6.07 Å². The topological polar surface area (TPSA) is 51.4 Å². The monoisotopic (exact) mass is 301 g/mol. The van der Waals surface area contributed by atoms with E-state index in [2.05, 4.69) is 20.9 Å². The predicted molar refractivity (Wildman–Crippen MR) is 83.3 cm³/mol. The van der Waals surface area contributed by atoms with Crippen molar-refractivity contribution in [1.29, 1.82) is 0 Å². The molecule has 5 nitrogen and oxygen atoms in total. The molecule has 0 N–H and O–H groups in total. The van der Waals surface area contributed by atoms with Gasteiger partial charge in [-0.25, -0.2) is 4.98 Å². The highest BCUT2D eigenvalue weighted by Gasteiger charge is 2.21. The fourth-order valence-corrected chi connectivity index (χ4v) is 2.81. The van der Waals surface area contributed by atoms with Crippen LogP contribution >= 0.6 is 0 Å². The van der Waals surface area contributed by atoms with Crippen molar-refractivity contribution in [2.45, 2.75) is 45.9 Å². The standard InChI is InChI=1S/C17H23N3O2/c1-13-14(2)22-17(19-13)12-20(11-16-6-4-8-21-16)10-15-5-3-7-18-9-15/h3,5,7,9,16H,4,6,8,10-12H2,1-2H3. The van der Waals surface area contributed by atoms with Gasteiger partial charge < -0.3 is 9.15 Å². The summed E-state index contributed by atoms with van der Waals surface area (Å²) in [5.41, 5.74) is 2.16. The second-order valence-corrected chi connectivity index (χ2v) is 5.92. The Kier molecular flexibility index (Phi) is 4.85. The number of ether oxygens (including phenoxy) is 1. The number of oxazole rings is 1. The minimum Gasteiger partial charge on any atom is -0.444 e. The maximum absolute atomic E-state index is 5.78. The van der Waals surface area contributed by atoms with Crippen LogP contribution in [0.25, 0.3) is 0 Å². The molecule has 1 fully saturated rings. The minimum absolute atomic E-state index is 0.314. The number of aryl methyl sites for hydroxylation is 2. The fourth-order valence-electron chi connectivity index (χ4n) is 2.81. The van der Waals surface area contributed by atoms with Crippen LogP contribution in [0.1, 0.15) is 35.7 Å². The largest absolute Gasteiger partial charge is 0.444 e. The summed E-state index contributed by atoms with van der Waals surface area (Å²) >= 11 is 0. The molecule has 0 aromatic carbocycles. The number of pyridine rings is 1. The van der Waals surface area contributed by atoms with Gasteiger partial charge in [0.15, 0.2) is 0 Å². The molecule has 1 unspecified atom stereocenters. The van der Waals surface area contributed by atoms with Crippen molar-refractivity contribution in [3.8, 4) is 0 Å². The molecule has 3 rings (SSSR count). The fraction of sp³-hybridized carbons (Fsp3) is 0.529. The maximum Gasteiger partial charge on any atom is 0.208 e. The van der Waals surface area contributed by atoms with Gasteiger partial charge in [-0.15, -0.1) is 0 Å². The van der Waals surface area contributed by atoms with Crippen LogP contribution in [0, 0.1) is 13.8 Å². The lowest BCUT2D eigenvalue weighted by molar-refractivity contribution is 0.0647. The maximum atomic E-state index is 5.78. The first-order valence-corrected chi connectivity index (χ1v) is 7.86. The molecule has 1 aliphatic rings. The predicted octanol–water partition coefficient (Wildman–Crippen LogP) is 2.87. The molecule has 1 saturated heterocycles. The van der Waals surface area contributed by atoms with Gasteiger partial charge in [0.25, 0.3) is 0 Å². The van der Waals surface area contributed by atoms with Gasteiger partial charge in [0.05, 0.1) is 18.3 Å². The van der Waals surface area contributed by atoms with Crippen LogP contribution in [0.2, 0.25) is 0 Å². The first kappa shape index (κ1) is 15.2. The van der Waals surface area contributed by atoms with Crippen LogP contribution in [0.15, 0.2) is 28.9 Å². The van der Waals surface area contributed by atoms with E-state index in [9.17, 15) is 0 Å². The summed E-state index contributed by atoms with van der Waals surface area (Å²) in [6.07, 6.45) is 6.31. The second-order valence-electron chi connectivity index (χ2n) is 5.92. The molecule has 2 aromatic heterocycles. The summed E-state index contributed by atoms with van der Waals surface area (Å²) in [6, 6.07) is 4.07. The lowest BCUT2D eigenvalue weighted by atomic mass is 10.2. The van der Waals surface area contributed by atoms with Crippen molar-refractivity contribution in [2.24, 2.45) is 0 Å². The Bertz CT molecular complexity index is 572. The third-order valence-electron chi connectivity index (χ3n) is 4.05. The molecular weight excluding hydrogens is 278 g/mol. The molecule has 0 bridgehead atoms. The summed E-state index contributed by atoms with van der Waals surface area (Å²) in [5.74, 6) is 1.67. The number of hydrogen-bond acceptors (Lipinski definition) is 5. The van der Waals surface area contributed by atoms with Gasteiger partial charge >= 0.3 is 0 Å². The van der Waals surface area contributed by atoms with E-state index in [0.29, 0.717) is 12.6 Å². The van der Waals surface area contributed by atoms with E-state index in [0.717, 1.165) is 49.9 Å². The zero-order valence-electron chi connectivity index (χ0n) is 13.3. The Morgan fingerprint density at radius 1 is 1.32 bits per heavy atom. The van der Waals surface area contributed by atoms with Gasteiger partial charge in [-0.3, -0.25) is 9.88 Å². The Labute approximate surface area is 131 Å². The van der Waals surface area contributed by atoms with E-state index >= 15 is 0 Å². The summed E-state index contributed by atoms with van der Waals surface area (Å²) in [7, 11) is 0. The van der Waals surface area contributed by atoms with E-state index in [1.807, 2.05) is 26.1 Å². The van der Waals surface area contributed by atoms with Gasteiger partial charge in [0.2, 0.25) is 5.89 Å². The average Bonchev–Trinajstić information content (AvgIpc) is 3.11. The number of aromatic nitrogens is 2. The molecule has 3 heterocycles. The van der Waals surface area contributed by atoms with Crippen molar-refractivity contribution < 1.29 is 9.15 Å². The quantitative estimate of drug-likeness (QED) is 0.821. The van der Waals surface area contributed by atoms with Crippen LogP contribution in [0.3, 0.4) is 0 Å². The number of rotatable bonds is 6. The van der Waals surface area contributed by atoms with E-state index < -0.39 is 0 Å². The van der Waals surface area contributed by atoms with E-state index in [1.54, 1.807) is 6.20 Å². The lowest BCUT2D eigenvalue weighted by Crippen LogP contribution is -2.31. The Morgan fingerprint density at radius 2 is 2.23 bits per heavy atom. The van der Waals surface area contributed by atoms with Crippen LogP contribution < -0.4 is 0 Å². The summed E-state index contributed by atoms with van der Waals surface area (Å²) in [6.45, 7) is 7.24. The first-order chi connectivity index (χ1) is 10.7. The molecule has 1 atom stereocenters. The van der Waals surface area contributed by atoms with Crippen molar-refractivity contribution >= 4 is 0 Å². The molecule has 2 aromatic rings. The van der Waals surface area contributed by atoms with E-state index in [4.69, 9.17) is 9.15 Å². The van der Waals surface area contributed by atoms with E-state index in [1.165, 1.54) is 5.56 Å². The third-order valence-corrected chi connectivity index (χ3v) is 4.05. The van der Waals surface area contributed by atoms with Crippen LogP contribution in [-0.4, -0.2) is 34.1 Å². The normalized spacial score (nSPS) is 18.2. The zero-order chi connectivity index (χ0) is 15.4. The molecule has 5 heteroatoms.